The lowest BCUT2D eigenvalue weighted by Gasteiger charge is -2.21. The minimum absolute atomic E-state index is 0.242. The first-order valence-electron chi connectivity index (χ1n) is 6.55. The van der Waals surface area contributed by atoms with E-state index in [9.17, 15) is 4.39 Å². The molecule has 0 bridgehead atoms. The van der Waals surface area contributed by atoms with Crippen LogP contribution in [0.1, 0.15) is 31.5 Å². The van der Waals surface area contributed by atoms with Crippen molar-refractivity contribution in [2.75, 3.05) is 0 Å². The smallest absolute Gasteiger partial charge is 0.148 e. The van der Waals surface area contributed by atoms with Crippen molar-refractivity contribution in [1.29, 1.82) is 0 Å². The molecule has 1 aromatic heterocycles. The number of halogens is 1. The van der Waals surface area contributed by atoms with Crippen molar-refractivity contribution in [2.24, 2.45) is 5.73 Å². The largest absolute Gasteiger partial charge is 0.319 e. The lowest BCUT2D eigenvalue weighted by molar-refractivity contribution is 0.431. The van der Waals surface area contributed by atoms with Gasteiger partial charge in [0.25, 0.3) is 0 Å². The zero-order valence-corrected chi connectivity index (χ0v) is 10.6. The molecule has 1 aliphatic rings. The number of benzene rings is 1. The Hall–Kier alpha value is -1.81. The first-order valence-corrected chi connectivity index (χ1v) is 6.55. The molecule has 0 radical (unpaired) electrons. The van der Waals surface area contributed by atoms with Crippen LogP contribution in [0.4, 0.5) is 4.39 Å². The van der Waals surface area contributed by atoms with Gasteiger partial charge >= 0.3 is 0 Å². The molecule has 2 N–H and O–H groups in total. The predicted molar refractivity (Wildman–Crippen MR) is 71.8 cm³/mol. The number of hydrogen-bond donors (Lipinski definition) is 1. The number of aromatic nitrogens is 2. The average Bonchev–Trinajstić information content (AvgIpc) is 2.88. The quantitative estimate of drug-likeness (QED) is 0.899. The van der Waals surface area contributed by atoms with Crippen LogP contribution in [0.3, 0.4) is 0 Å². The van der Waals surface area contributed by atoms with Gasteiger partial charge in [-0.1, -0.05) is 25.0 Å². The molecule has 98 valence electrons. The van der Waals surface area contributed by atoms with Crippen molar-refractivity contribution in [1.82, 2.24) is 9.97 Å². The van der Waals surface area contributed by atoms with Crippen LogP contribution in [-0.2, 0) is 5.54 Å². The maximum atomic E-state index is 12.9. The Morgan fingerprint density at radius 2 is 1.53 bits per heavy atom. The van der Waals surface area contributed by atoms with E-state index >= 15 is 0 Å². The Labute approximate surface area is 111 Å². The van der Waals surface area contributed by atoms with Gasteiger partial charge in [-0.3, -0.25) is 0 Å². The van der Waals surface area contributed by atoms with Crippen LogP contribution in [0, 0.1) is 5.82 Å². The molecule has 0 atom stereocenters. The molecule has 0 spiro atoms. The lowest BCUT2D eigenvalue weighted by atomic mass is 9.98. The Bertz CT molecular complexity index is 557. The Balaban J connectivity index is 1.88. The van der Waals surface area contributed by atoms with Gasteiger partial charge in [0.1, 0.15) is 11.6 Å². The molecular weight excluding hydrogens is 241 g/mol. The van der Waals surface area contributed by atoms with E-state index in [0.29, 0.717) is 0 Å². The zero-order chi connectivity index (χ0) is 13.3. The summed E-state index contributed by atoms with van der Waals surface area (Å²) >= 11 is 0. The van der Waals surface area contributed by atoms with E-state index in [1.165, 1.54) is 12.1 Å². The molecule has 1 heterocycles. The summed E-state index contributed by atoms with van der Waals surface area (Å²) in [5.41, 5.74) is 7.74. The molecule has 3 rings (SSSR count). The molecule has 1 saturated carbocycles. The van der Waals surface area contributed by atoms with Crippen molar-refractivity contribution in [3.63, 3.8) is 0 Å². The monoisotopic (exact) mass is 257 g/mol. The molecular formula is C15H16FN3. The summed E-state index contributed by atoms with van der Waals surface area (Å²) in [6.07, 6.45) is 7.70. The van der Waals surface area contributed by atoms with Gasteiger partial charge in [0.2, 0.25) is 0 Å². The number of nitrogens with zero attached hydrogens (tertiary/aromatic N) is 2. The van der Waals surface area contributed by atoms with Crippen LogP contribution in [-0.4, -0.2) is 9.97 Å². The van der Waals surface area contributed by atoms with Crippen molar-refractivity contribution >= 4 is 0 Å². The molecule has 4 heteroatoms. The van der Waals surface area contributed by atoms with Gasteiger partial charge in [-0.15, -0.1) is 0 Å². The molecule has 3 nitrogen and oxygen atoms in total. The van der Waals surface area contributed by atoms with Crippen molar-refractivity contribution in [3.05, 3.63) is 48.3 Å². The van der Waals surface area contributed by atoms with Crippen LogP contribution in [0.25, 0.3) is 11.1 Å². The minimum Gasteiger partial charge on any atom is -0.319 e. The van der Waals surface area contributed by atoms with E-state index in [1.807, 2.05) is 0 Å². The van der Waals surface area contributed by atoms with E-state index in [-0.39, 0.29) is 11.4 Å². The van der Waals surface area contributed by atoms with Crippen LogP contribution in [0.15, 0.2) is 36.7 Å². The maximum absolute atomic E-state index is 12.9. The van der Waals surface area contributed by atoms with E-state index in [2.05, 4.69) is 9.97 Å². The third-order valence-electron chi connectivity index (χ3n) is 3.77. The van der Waals surface area contributed by atoms with Crippen molar-refractivity contribution < 1.29 is 4.39 Å². The lowest BCUT2D eigenvalue weighted by Crippen LogP contribution is -2.35. The van der Waals surface area contributed by atoms with Gasteiger partial charge in [0.15, 0.2) is 0 Å². The number of rotatable bonds is 2. The maximum Gasteiger partial charge on any atom is 0.148 e. The summed E-state index contributed by atoms with van der Waals surface area (Å²) in [5.74, 6) is 0.476. The van der Waals surface area contributed by atoms with Gasteiger partial charge in [-0.05, 0) is 30.5 Å². The normalized spacial score (nSPS) is 17.6. The van der Waals surface area contributed by atoms with E-state index < -0.39 is 0 Å². The first kappa shape index (κ1) is 12.2. The van der Waals surface area contributed by atoms with E-state index in [0.717, 1.165) is 42.6 Å². The highest BCUT2D eigenvalue weighted by Gasteiger charge is 2.33. The Morgan fingerprint density at radius 3 is 2.11 bits per heavy atom. The number of nitrogens with two attached hydrogens (primary N) is 1. The zero-order valence-electron chi connectivity index (χ0n) is 10.6. The summed E-state index contributed by atoms with van der Waals surface area (Å²) in [6.45, 7) is 0. The molecule has 1 aromatic carbocycles. The highest BCUT2D eigenvalue weighted by molar-refractivity contribution is 5.61. The SMILES string of the molecule is NC1(c2ncc(-c3ccc(F)cc3)cn2)CCCC1. The van der Waals surface area contributed by atoms with Gasteiger partial charge in [0.05, 0.1) is 5.54 Å². The molecule has 0 saturated heterocycles. The van der Waals surface area contributed by atoms with Crippen LogP contribution in [0.5, 0.6) is 0 Å². The summed E-state index contributed by atoms with van der Waals surface area (Å²) in [4.78, 5) is 8.80. The fourth-order valence-corrected chi connectivity index (χ4v) is 2.61. The van der Waals surface area contributed by atoms with Crippen molar-refractivity contribution in [2.45, 2.75) is 31.2 Å². The van der Waals surface area contributed by atoms with Gasteiger partial charge in [0, 0.05) is 18.0 Å². The molecule has 1 aliphatic carbocycles. The van der Waals surface area contributed by atoms with Crippen LogP contribution >= 0.6 is 0 Å². The highest BCUT2D eigenvalue weighted by atomic mass is 19.1. The van der Waals surface area contributed by atoms with Crippen LogP contribution < -0.4 is 5.73 Å². The molecule has 2 aromatic rings. The second-order valence-corrected chi connectivity index (χ2v) is 5.17. The molecule has 19 heavy (non-hydrogen) atoms. The third-order valence-corrected chi connectivity index (χ3v) is 3.77. The molecule has 1 fully saturated rings. The average molecular weight is 257 g/mol. The minimum atomic E-state index is -0.360. The van der Waals surface area contributed by atoms with Gasteiger partial charge in [-0.2, -0.15) is 0 Å². The van der Waals surface area contributed by atoms with E-state index in [4.69, 9.17) is 5.73 Å². The summed E-state index contributed by atoms with van der Waals surface area (Å²) < 4.78 is 12.9. The Morgan fingerprint density at radius 1 is 0.947 bits per heavy atom. The van der Waals surface area contributed by atoms with Crippen LogP contribution in [0.2, 0.25) is 0 Å². The van der Waals surface area contributed by atoms with Crippen molar-refractivity contribution in [3.8, 4) is 11.1 Å². The first-order chi connectivity index (χ1) is 9.17. The van der Waals surface area contributed by atoms with E-state index in [1.54, 1.807) is 24.5 Å². The number of hydrogen-bond acceptors (Lipinski definition) is 3. The summed E-state index contributed by atoms with van der Waals surface area (Å²) in [5, 5.41) is 0. The molecule has 0 aliphatic heterocycles. The standard InChI is InChI=1S/C15H16FN3/c16-13-5-3-11(4-6-13)12-9-18-14(19-10-12)15(17)7-1-2-8-15/h3-6,9-10H,1-2,7-8,17H2. The predicted octanol–water partition coefficient (Wildman–Crippen LogP) is 3.01. The Kier molecular flexibility index (Phi) is 3.03. The molecule has 0 unspecified atom stereocenters. The third kappa shape index (κ3) is 2.36. The fraction of sp³-hybridized carbons (Fsp3) is 0.333. The van der Waals surface area contributed by atoms with Gasteiger partial charge in [-0.25, -0.2) is 14.4 Å². The second-order valence-electron chi connectivity index (χ2n) is 5.17. The molecule has 0 amide bonds. The second kappa shape index (κ2) is 4.70. The van der Waals surface area contributed by atoms with Gasteiger partial charge < -0.3 is 5.73 Å². The summed E-state index contributed by atoms with van der Waals surface area (Å²) in [6, 6.07) is 6.32. The highest BCUT2D eigenvalue weighted by Crippen LogP contribution is 2.34. The fourth-order valence-electron chi connectivity index (χ4n) is 2.61. The topological polar surface area (TPSA) is 51.8 Å². The summed E-state index contributed by atoms with van der Waals surface area (Å²) in [7, 11) is 0.